The number of hydrogen-bond acceptors (Lipinski definition) is 7. The first-order valence-corrected chi connectivity index (χ1v) is 9.98. The Morgan fingerprint density at radius 1 is 1.30 bits per heavy atom. The number of carbonyl (C=O) groups is 3. The minimum absolute atomic E-state index is 0.0627. The predicted molar refractivity (Wildman–Crippen MR) is 111 cm³/mol. The number of carbonyl (C=O) groups excluding carboxylic acids is 3. The van der Waals surface area contributed by atoms with Crippen molar-refractivity contribution in [2.75, 3.05) is 6.54 Å². The molecule has 0 unspecified atom stereocenters. The second-order valence-corrected chi connectivity index (χ2v) is 7.55. The number of rotatable bonds is 7. The van der Waals surface area contributed by atoms with Crippen LogP contribution in [0.25, 0.3) is 11.8 Å². The van der Waals surface area contributed by atoms with Crippen LogP contribution in [0.3, 0.4) is 0 Å². The fourth-order valence-corrected chi connectivity index (χ4v) is 3.57. The van der Waals surface area contributed by atoms with Crippen LogP contribution in [0, 0.1) is 10.1 Å². The highest BCUT2D eigenvalue weighted by Crippen LogP contribution is 2.32. The van der Waals surface area contributed by atoms with E-state index in [1.807, 2.05) is 6.92 Å². The first-order chi connectivity index (χ1) is 14.3. The molecule has 9 nitrogen and oxygen atoms in total. The number of hydrogen-bond donors (Lipinski definition) is 0. The molecule has 0 radical (unpaired) electrons. The first kappa shape index (κ1) is 21.3. The van der Waals surface area contributed by atoms with Gasteiger partial charge in [0.2, 0.25) is 0 Å². The summed E-state index contributed by atoms with van der Waals surface area (Å²) in [6.07, 6.45) is 3.54. The molecule has 2 heterocycles. The van der Waals surface area contributed by atoms with Gasteiger partial charge in [-0.1, -0.05) is 13.0 Å². The number of ether oxygens (including phenoxy) is 1. The summed E-state index contributed by atoms with van der Waals surface area (Å²) in [6, 6.07) is 9.49. The molecule has 0 bridgehead atoms. The highest BCUT2D eigenvalue weighted by Gasteiger charge is 2.37. The van der Waals surface area contributed by atoms with Gasteiger partial charge in [-0.25, -0.2) is 0 Å². The van der Waals surface area contributed by atoms with E-state index in [0.29, 0.717) is 17.8 Å². The summed E-state index contributed by atoms with van der Waals surface area (Å²) in [7, 11) is 0. The number of non-ortho nitro benzene ring substituents is 1. The molecule has 1 saturated heterocycles. The summed E-state index contributed by atoms with van der Waals surface area (Å²) < 4.78 is 6.80. The van der Waals surface area contributed by atoms with E-state index in [1.54, 1.807) is 42.0 Å². The smallest absolute Gasteiger partial charge is 0.326 e. The van der Waals surface area contributed by atoms with Gasteiger partial charge >= 0.3 is 5.97 Å². The molecule has 1 fully saturated rings. The van der Waals surface area contributed by atoms with E-state index >= 15 is 0 Å². The normalized spacial score (nSPS) is 16.2. The summed E-state index contributed by atoms with van der Waals surface area (Å²) in [5.74, 6) is -1.23. The van der Waals surface area contributed by atoms with Crippen molar-refractivity contribution in [2.45, 2.75) is 26.4 Å². The van der Waals surface area contributed by atoms with Gasteiger partial charge in [0.25, 0.3) is 16.8 Å². The van der Waals surface area contributed by atoms with Crippen LogP contribution in [0.2, 0.25) is 0 Å². The lowest BCUT2D eigenvalue weighted by molar-refractivity contribution is -0.384. The number of amides is 2. The Labute approximate surface area is 176 Å². The van der Waals surface area contributed by atoms with E-state index in [0.717, 1.165) is 16.7 Å². The molecule has 0 aliphatic carbocycles. The highest BCUT2D eigenvalue weighted by molar-refractivity contribution is 8.18. The Morgan fingerprint density at radius 2 is 2.07 bits per heavy atom. The molecule has 2 amide bonds. The van der Waals surface area contributed by atoms with Crippen molar-refractivity contribution >= 4 is 40.6 Å². The first-order valence-electron chi connectivity index (χ1n) is 9.17. The Balaban J connectivity index is 1.82. The molecule has 1 aliphatic rings. The second kappa shape index (κ2) is 8.95. The van der Waals surface area contributed by atoms with Crippen molar-refractivity contribution in [2.24, 2.45) is 0 Å². The van der Waals surface area contributed by atoms with Gasteiger partial charge in [-0.2, -0.15) is 0 Å². The third kappa shape index (κ3) is 4.60. The zero-order valence-corrected chi connectivity index (χ0v) is 17.1. The molecule has 0 N–H and O–H groups in total. The molecule has 1 aliphatic heterocycles. The number of aromatic nitrogens is 1. The quantitative estimate of drug-likeness (QED) is 0.285. The lowest BCUT2D eigenvalue weighted by Gasteiger charge is -2.14. The van der Waals surface area contributed by atoms with Gasteiger partial charge in [0.05, 0.1) is 21.6 Å². The summed E-state index contributed by atoms with van der Waals surface area (Å²) in [6.45, 7) is 3.14. The topological polar surface area (TPSA) is 112 Å². The molecule has 0 saturated carbocycles. The van der Waals surface area contributed by atoms with Gasteiger partial charge in [0.15, 0.2) is 0 Å². The van der Waals surface area contributed by atoms with Crippen LogP contribution >= 0.6 is 11.8 Å². The van der Waals surface area contributed by atoms with E-state index in [4.69, 9.17) is 4.74 Å². The molecule has 30 heavy (non-hydrogen) atoms. The van der Waals surface area contributed by atoms with E-state index in [1.165, 1.54) is 18.2 Å². The second-order valence-electron chi connectivity index (χ2n) is 6.56. The zero-order valence-electron chi connectivity index (χ0n) is 16.3. The maximum absolute atomic E-state index is 12.6. The molecule has 3 rings (SSSR count). The third-order valence-corrected chi connectivity index (χ3v) is 5.35. The lowest BCUT2D eigenvalue weighted by Crippen LogP contribution is -2.35. The van der Waals surface area contributed by atoms with Crippen LogP contribution in [0.4, 0.5) is 10.5 Å². The summed E-state index contributed by atoms with van der Waals surface area (Å²) >= 11 is 0.728. The average molecular weight is 429 g/mol. The number of nitrogens with zero attached hydrogens (tertiary/aromatic N) is 3. The number of imide groups is 1. The minimum Gasteiger partial charge on any atom is -0.461 e. The van der Waals surface area contributed by atoms with E-state index in [9.17, 15) is 24.5 Å². The molecule has 1 aromatic carbocycles. The minimum atomic E-state index is -0.645. The highest BCUT2D eigenvalue weighted by atomic mass is 32.2. The maximum atomic E-state index is 12.6. The van der Waals surface area contributed by atoms with E-state index in [-0.39, 0.29) is 16.7 Å². The summed E-state index contributed by atoms with van der Waals surface area (Å²) in [5, 5.41) is 10.5. The Morgan fingerprint density at radius 3 is 2.77 bits per heavy atom. The fraction of sp³-hybridized carbons (Fsp3) is 0.250. The summed E-state index contributed by atoms with van der Waals surface area (Å²) in [5.41, 5.74) is 1.03. The number of nitro groups is 1. The fourth-order valence-electron chi connectivity index (χ4n) is 2.75. The molecule has 156 valence electrons. The average Bonchev–Trinajstić information content (AvgIpc) is 3.28. The van der Waals surface area contributed by atoms with Crippen LogP contribution in [-0.2, 0) is 14.3 Å². The largest absolute Gasteiger partial charge is 0.461 e. The number of benzene rings is 1. The Kier molecular flexibility index (Phi) is 6.36. The van der Waals surface area contributed by atoms with Crippen molar-refractivity contribution in [3.63, 3.8) is 0 Å². The van der Waals surface area contributed by atoms with Crippen LogP contribution in [-0.4, -0.2) is 44.2 Å². The maximum Gasteiger partial charge on any atom is 0.326 e. The molecular weight excluding hydrogens is 410 g/mol. The van der Waals surface area contributed by atoms with E-state index < -0.39 is 28.6 Å². The van der Waals surface area contributed by atoms with Gasteiger partial charge in [0, 0.05) is 24.0 Å². The lowest BCUT2D eigenvalue weighted by atomic mass is 10.2. The van der Waals surface area contributed by atoms with Crippen molar-refractivity contribution in [1.82, 2.24) is 9.47 Å². The monoisotopic (exact) mass is 429 g/mol. The zero-order chi connectivity index (χ0) is 21.8. The van der Waals surface area contributed by atoms with Gasteiger partial charge in [-0.15, -0.1) is 0 Å². The molecule has 10 heteroatoms. The molecule has 2 aromatic rings. The Hall–Kier alpha value is -3.40. The third-order valence-electron chi connectivity index (χ3n) is 4.45. The van der Waals surface area contributed by atoms with Crippen LogP contribution < -0.4 is 0 Å². The SMILES string of the molecule is CC[C@@H](C)OC(=O)CN1C(=O)S/C(=C\c2cccn2-c2cccc([N+](=O)[O-])c2)C1=O. The number of thioether (sulfide) groups is 1. The van der Waals surface area contributed by atoms with E-state index in [2.05, 4.69) is 0 Å². The van der Waals surface area contributed by atoms with Crippen molar-refractivity contribution < 1.29 is 24.0 Å². The van der Waals surface area contributed by atoms with Gasteiger partial charge < -0.3 is 9.30 Å². The van der Waals surface area contributed by atoms with Crippen LogP contribution in [0.1, 0.15) is 26.0 Å². The van der Waals surface area contributed by atoms with Crippen LogP contribution in [0.5, 0.6) is 0 Å². The number of esters is 1. The number of nitro benzene ring substituents is 1. The molecule has 1 atom stereocenters. The van der Waals surface area contributed by atoms with Gasteiger partial charge in [-0.3, -0.25) is 29.4 Å². The molecule has 1 aromatic heterocycles. The standard InChI is InChI=1S/C20H19N3O6S/c1-3-13(2)29-18(24)12-22-19(25)17(30-20(22)26)11-15-8-5-9-21(15)14-6-4-7-16(10-14)23(27)28/h4-11,13H,3,12H2,1-2H3/b17-11-/t13-/m1/s1. The van der Waals surface area contributed by atoms with Crippen molar-refractivity contribution in [3.8, 4) is 5.69 Å². The van der Waals surface area contributed by atoms with Gasteiger partial charge in [-0.05, 0) is 49.4 Å². The predicted octanol–water partition coefficient (Wildman–Crippen LogP) is 3.76. The van der Waals surface area contributed by atoms with Gasteiger partial charge in [0.1, 0.15) is 6.54 Å². The van der Waals surface area contributed by atoms with Crippen LogP contribution in [0.15, 0.2) is 47.5 Å². The van der Waals surface area contributed by atoms with Crippen molar-refractivity contribution in [3.05, 3.63) is 63.3 Å². The molecular formula is C20H19N3O6S. The molecule has 0 spiro atoms. The Bertz CT molecular complexity index is 1040. The van der Waals surface area contributed by atoms with Crippen molar-refractivity contribution in [1.29, 1.82) is 0 Å². The summed E-state index contributed by atoms with van der Waals surface area (Å²) in [4.78, 5) is 48.4.